The molecule has 27 heavy (non-hydrogen) atoms. The molecule has 0 aromatic rings. The molecule has 0 aliphatic carbocycles. The third-order valence-corrected chi connectivity index (χ3v) is 4.45. The van der Waals surface area contributed by atoms with Gasteiger partial charge in [0.15, 0.2) is 0 Å². The van der Waals surface area contributed by atoms with E-state index >= 15 is 0 Å². The predicted octanol–water partition coefficient (Wildman–Crippen LogP) is 2.38. The SMILES string of the molecule is CCOC(=O)C(C)(OCCC(F)(F)C(F)(F)S(=O)(=O)O)OC(=O)C(C)CC. The van der Waals surface area contributed by atoms with Crippen molar-refractivity contribution in [3.63, 3.8) is 0 Å². The zero-order valence-electron chi connectivity index (χ0n) is 15.1. The third kappa shape index (κ3) is 6.28. The standard InChI is InChI=1S/C14H22F4O8S/c1-5-9(3)10(19)26-12(4,11(20)24-6-2)25-8-7-13(15,16)14(17,18)27(21,22)23/h9H,5-8H2,1-4H3,(H,21,22,23). The molecule has 0 bridgehead atoms. The van der Waals surface area contributed by atoms with Crippen LogP contribution in [-0.4, -0.2) is 55.1 Å². The maximum absolute atomic E-state index is 13.5. The van der Waals surface area contributed by atoms with Gasteiger partial charge in [-0.05, 0) is 13.3 Å². The van der Waals surface area contributed by atoms with E-state index in [1.54, 1.807) is 6.92 Å². The van der Waals surface area contributed by atoms with E-state index in [4.69, 9.17) is 14.0 Å². The van der Waals surface area contributed by atoms with E-state index in [0.717, 1.165) is 6.92 Å². The first kappa shape index (κ1) is 25.5. The monoisotopic (exact) mass is 426 g/mol. The number of hydrogen-bond acceptors (Lipinski definition) is 7. The highest BCUT2D eigenvalue weighted by Gasteiger charge is 2.65. The van der Waals surface area contributed by atoms with Crippen molar-refractivity contribution in [3.05, 3.63) is 0 Å². The minimum atomic E-state index is -6.40. The van der Waals surface area contributed by atoms with E-state index in [1.165, 1.54) is 13.8 Å². The molecule has 160 valence electrons. The molecule has 0 saturated heterocycles. The lowest BCUT2D eigenvalue weighted by molar-refractivity contribution is -0.246. The Morgan fingerprint density at radius 1 is 1.15 bits per heavy atom. The number of carbonyl (C=O) groups is 2. The molecule has 0 fully saturated rings. The van der Waals surface area contributed by atoms with Crippen LogP contribution in [-0.2, 0) is 33.9 Å². The van der Waals surface area contributed by atoms with Gasteiger partial charge in [-0.2, -0.15) is 26.0 Å². The second kappa shape index (κ2) is 9.15. The number of halogens is 4. The van der Waals surface area contributed by atoms with Crippen LogP contribution in [0, 0.1) is 5.92 Å². The minimum Gasteiger partial charge on any atom is -0.461 e. The van der Waals surface area contributed by atoms with Crippen molar-refractivity contribution < 1.29 is 54.3 Å². The van der Waals surface area contributed by atoms with Crippen molar-refractivity contribution in [2.75, 3.05) is 13.2 Å². The van der Waals surface area contributed by atoms with Gasteiger partial charge >= 0.3 is 39.0 Å². The van der Waals surface area contributed by atoms with Gasteiger partial charge < -0.3 is 14.2 Å². The van der Waals surface area contributed by atoms with Crippen LogP contribution in [0.3, 0.4) is 0 Å². The largest absolute Gasteiger partial charge is 0.461 e. The molecule has 0 aromatic heterocycles. The molecule has 8 nitrogen and oxygen atoms in total. The van der Waals surface area contributed by atoms with Crippen molar-refractivity contribution >= 4 is 22.1 Å². The summed E-state index contributed by atoms with van der Waals surface area (Å²) in [5.41, 5.74) is 0. The summed E-state index contributed by atoms with van der Waals surface area (Å²) in [7, 11) is -6.40. The molecule has 0 amide bonds. The average Bonchev–Trinajstić information content (AvgIpc) is 2.52. The highest BCUT2D eigenvalue weighted by atomic mass is 32.2. The van der Waals surface area contributed by atoms with E-state index in [9.17, 15) is 35.6 Å². The van der Waals surface area contributed by atoms with Crippen molar-refractivity contribution in [1.29, 1.82) is 0 Å². The summed E-state index contributed by atoms with van der Waals surface area (Å²) in [6.07, 6.45) is -1.59. The lowest BCUT2D eigenvalue weighted by Crippen LogP contribution is -2.49. The zero-order valence-corrected chi connectivity index (χ0v) is 15.9. The van der Waals surface area contributed by atoms with Gasteiger partial charge in [0.1, 0.15) is 0 Å². The summed E-state index contributed by atoms with van der Waals surface area (Å²) >= 11 is 0. The molecule has 0 radical (unpaired) electrons. The molecule has 0 spiro atoms. The molecular weight excluding hydrogens is 404 g/mol. The van der Waals surface area contributed by atoms with Crippen LogP contribution >= 0.6 is 0 Å². The molecule has 1 N–H and O–H groups in total. The maximum atomic E-state index is 13.5. The van der Waals surface area contributed by atoms with Crippen molar-refractivity contribution in [3.8, 4) is 0 Å². The van der Waals surface area contributed by atoms with Gasteiger partial charge in [-0.3, -0.25) is 9.35 Å². The second-order valence-corrected chi connectivity index (χ2v) is 7.15. The highest BCUT2D eigenvalue weighted by molar-refractivity contribution is 7.87. The first-order chi connectivity index (χ1) is 12.1. The molecule has 13 heteroatoms. The Balaban J connectivity index is 5.32. The summed E-state index contributed by atoms with van der Waals surface area (Å²) in [5.74, 6) is -10.6. The minimum absolute atomic E-state index is 0.185. The number of hydrogen-bond donors (Lipinski definition) is 1. The van der Waals surface area contributed by atoms with Crippen LogP contribution in [0.4, 0.5) is 17.6 Å². The van der Waals surface area contributed by atoms with E-state index in [0.29, 0.717) is 6.42 Å². The van der Waals surface area contributed by atoms with Crippen LogP contribution in [0.15, 0.2) is 0 Å². The first-order valence-corrected chi connectivity index (χ1v) is 9.26. The molecular formula is C14H22F4O8S. The van der Waals surface area contributed by atoms with Crippen LogP contribution < -0.4 is 0 Å². The van der Waals surface area contributed by atoms with E-state index in [2.05, 4.69) is 4.74 Å². The number of esters is 2. The Kier molecular flexibility index (Phi) is 8.65. The van der Waals surface area contributed by atoms with Crippen LogP contribution in [0.1, 0.15) is 40.5 Å². The smallest absolute Gasteiger partial charge is 0.431 e. The van der Waals surface area contributed by atoms with Gasteiger partial charge in [0, 0.05) is 13.3 Å². The Bertz CT molecular complexity index is 637. The van der Waals surface area contributed by atoms with Crippen molar-refractivity contribution in [2.24, 2.45) is 5.92 Å². The lowest BCUT2D eigenvalue weighted by atomic mass is 10.1. The summed E-state index contributed by atoms with van der Waals surface area (Å²) in [5, 5.41) is -5.78. The van der Waals surface area contributed by atoms with Gasteiger partial charge in [-0.1, -0.05) is 13.8 Å². The quantitative estimate of drug-likeness (QED) is 0.232. The molecule has 0 saturated carbocycles. The molecule has 0 rings (SSSR count). The van der Waals surface area contributed by atoms with E-state index in [1.807, 2.05) is 0 Å². The fourth-order valence-electron chi connectivity index (χ4n) is 1.56. The summed E-state index contributed by atoms with van der Waals surface area (Å²) in [4.78, 5) is 23.8. The molecule has 0 aliphatic heterocycles. The zero-order chi connectivity index (χ0) is 21.7. The molecule has 0 heterocycles. The van der Waals surface area contributed by atoms with Crippen LogP contribution in [0.25, 0.3) is 0 Å². The fraction of sp³-hybridized carbons (Fsp3) is 0.857. The van der Waals surface area contributed by atoms with Gasteiger partial charge in [-0.15, -0.1) is 0 Å². The second-order valence-electron chi connectivity index (χ2n) is 5.69. The third-order valence-electron chi connectivity index (χ3n) is 3.50. The van der Waals surface area contributed by atoms with E-state index < -0.39 is 58.0 Å². The Labute approximate surface area is 153 Å². The number of carbonyl (C=O) groups excluding carboxylic acids is 2. The highest BCUT2D eigenvalue weighted by Crippen LogP contribution is 2.40. The predicted molar refractivity (Wildman–Crippen MR) is 82.6 cm³/mol. The number of ether oxygens (including phenoxy) is 3. The number of rotatable bonds is 11. The lowest BCUT2D eigenvalue weighted by Gasteiger charge is -2.29. The molecule has 2 unspecified atom stereocenters. The van der Waals surface area contributed by atoms with Crippen LogP contribution in [0.5, 0.6) is 0 Å². The summed E-state index contributed by atoms with van der Waals surface area (Å²) in [6, 6.07) is 0. The number of alkyl halides is 4. The van der Waals surface area contributed by atoms with E-state index in [-0.39, 0.29) is 6.61 Å². The van der Waals surface area contributed by atoms with Crippen molar-refractivity contribution in [2.45, 2.75) is 57.5 Å². The van der Waals surface area contributed by atoms with Gasteiger partial charge in [0.25, 0.3) is 0 Å². The molecule has 2 atom stereocenters. The van der Waals surface area contributed by atoms with Gasteiger partial charge in [0.2, 0.25) is 0 Å². The Morgan fingerprint density at radius 2 is 1.67 bits per heavy atom. The fourth-order valence-corrected chi connectivity index (χ4v) is 2.04. The van der Waals surface area contributed by atoms with Crippen LogP contribution in [0.2, 0.25) is 0 Å². The topological polar surface area (TPSA) is 116 Å². The molecule has 0 aliphatic rings. The maximum Gasteiger partial charge on any atom is 0.431 e. The summed E-state index contributed by atoms with van der Waals surface area (Å²) in [6.45, 7) is 3.85. The first-order valence-electron chi connectivity index (χ1n) is 7.82. The normalized spacial score (nSPS) is 16.3. The Hall–Kier alpha value is -1.47. The summed E-state index contributed by atoms with van der Waals surface area (Å²) < 4.78 is 96.6. The Morgan fingerprint density at radius 3 is 2.07 bits per heavy atom. The molecule has 0 aromatic carbocycles. The average molecular weight is 426 g/mol. The van der Waals surface area contributed by atoms with Gasteiger partial charge in [0.05, 0.1) is 19.1 Å². The van der Waals surface area contributed by atoms with Crippen molar-refractivity contribution in [1.82, 2.24) is 0 Å². The van der Waals surface area contributed by atoms with Gasteiger partial charge in [-0.25, -0.2) is 4.79 Å².